The molecule has 0 aromatic heterocycles. The molecule has 6 heteroatoms. The quantitative estimate of drug-likeness (QED) is 0.755. The number of hydrogen-bond acceptors (Lipinski definition) is 3. The first kappa shape index (κ1) is 10.4. The van der Waals surface area contributed by atoms with Crippen LogP contribution in [0.4, 0.5) is 8.78 Å². The second kappa shape index (κ2) is 4.52. The maximum atomic E-state index is 11.7. The van der Waals surface area contributed by atoms with E-state index >= 15 is 0 Å². The second-order valence-electron chi connectivity index (χ2n) is 2.33. The molecule has 0 spiro atoms. The molecule has 1 rings (SSSR count). The summed E-state index contributed by atoms with van der Waals surface area (Å²) in [5.41, 5.74) is 1.25. The fraction of sp³-hybridized carbons (Fsp3) is 0.125. The van der Waals surface area contributed by atoms with E-state index in [4.69, 9.17) is 0 Å². The summed E-state index contributed by atoms with van der Waals surface area (Å²) >= 11 is 0. The SMILES string of the molecule is O=C(N[O-])c1ccc(OC(F)F)cc1. The number of benzene rings is 1. The van der Waals surface area contributed by atoms with Gasteiger partial charge in [0.15, 0.2) is 0 Å². The molecule has 0 unspecified atom stereocenters. The van der Waals surface area contributed by atoms with Crippen LogP contribution in [-0.4, -0.2) is 12.5 Å². The first-order valence-corrected chi connectivity index (χ1v) is 3.61. The van der Waals surface area contributed by atoms with Crippen molar-refractivity contribution in [1.29, 1.82) is 0 Å². The van der Waals surface area contributed by atoms with Crippen LogP contribution in [0.1, 0.15) is 10.4 Å². The fourth-order valence-electron chi connectivity index (χ4n) is 0.847. The molecule has 0 radical (unpaired) electrons. The number of ether oxygens (including phenoxy) is 1. The molecular weight excluding hydrogens is 196 g/mol. The maximum Gasteiger partial charge on any atom is 0.387 e. The Balaban J connectivity index is 2.73. The predicted molar refractivity (Wildman–Crippen MR) is 43.9 cm³/mol. The summed E-state index contributed by atoms with van der Waals surface area (Å²) in [7, 11) is 0. The Morgan fingerprint density at radius 2 is 1.93 bits per heavy atom. The highest BCUT2D eigenvalue weighted by Crippen LogP contribution is 2.14. The van der Waals surface area contributed by atoms with Crippen molar-refractivity contribution >= 4 is 5.91 Å². The van der Waals surface area contributed by atoms with E-state index in [-0.39, 0.29) is 11.3 Å². The Kier molecular flexibility index (Phi) is 3.35. The van der Waals surface area contributed by atoms with Gasteiger partial charge in [-0.25, -0.2) is 0 Å². The number of hydroxylamine groups is 1. The smallest absolute Gasteiger partial charge is 0.387 e. The lowest BCUT2D eigenvalue weighted by molar-refractivity contribution is -0.0498. The molecule has 0 fully saturated rings. The summed E-state index contributed by atoms with van der Waals surface area (Å²) in [6, 6.07) is 4.78. The molecule has 76 valence electrons. The topological polar surface area (TPSA) is 61.4 Å². The van der Waals surface area contributed by atoms with Gasteiger partial charge in [-0.3, -0.25) is 4.79 Å². The largest absolute Gasteiger partial charge is 0.759 e. The van der Waals surface area contributed by atoms with E-state index in [1.165, 1.54) is 24.3 Å². The van der Waals surface area contributed by atoms with Crippen LogP contribution in [-0.2, 0) is 0 Å². The van der Waals surface area contributed by atoms with Crippen molar-refractivity contribution in [2.24, 2.45) is 0 Å². The normalized spacial score (nSPS) is 10.0. The summed E-state index contributed by atoms with van der Waals surface area (Å²) in [5, 5.41) is 9.94. The van der Waals surface area contributed by atoms with E-state index in [0.29, 0.717) is 0 Å². The van der Waals surface area contributed by atoms with E-state index in [1.807, 2.05) is 0 Å². The molecule has 14 heavy (non-hydrogen) atoms. The summed E-state index contributed by atoms with van der Waals surface area (Å²) in [6.07, 6.45) is 0. The molecule has 0 heterocycles. The number of amides is 1. The minimum atomic E-state index is -2.91. The van der Waals surface area contributed by atoms with Crippen LogP contribution < -0.4 is 10.2 Å². The van der Waals surface area contributed by atoms with Crippen LogP contribution >= 0.6 is 0 Å². The van der Waals surface area contributed by atoms with Crippen molar-refractivity contribution in [2.75, 3.05) is 0 Å². The molecule has 4 nitrogen and oxygen atoms in total. The Labute approximate surface area is 78.1 Å². The van der Waals surface area contributed by atoms with E-state index in [1.54, 1.807) is 0 Å². The van der Waals surface area contributed by atoms with E-state index in [9.17, 15) is 18.8 Å². The van der Waals surface area contributed by atoms with Crippen molar-refractivity contribution in [1.82, 2.24) is 5.48 Å². The van der Waals surface area contributed by atoms with E-state index < -0.39 is 12.5 Å². The van der Waals surface area contributed by atoms with Gasteiger partial charge in [0.05, 0.1) is 0 Å². The van der Waals surface area contributed by atoms with E-state index in [2.05, 4.69) is 4.74 Å². The minimum absolute atomic E-state index is 0.0672. The molecule has 0 aliphatic heterocycles. The van der Waals surface area contributed by atoms with Crippen LogP contribution in [0.2, 0.25) is 0 Å². The first-order valence-electron chi connectivity index (χ1n) is 3.61. The molecule has 0 aliphatic carbocycles. The van der Waals surface area contributed by atoms with Crippen LogP contribution in [0.3, 0.4) is 0 Å². The minimum Gasteiger partial charge on any atom is -0.759 e. The number of hydrogen-bond donors (Lipinski definition) is 1. The first-order chi connectivity index (χ1) is 6.63. The maximum absolute atomic E-state index is 11.7. The molecule has 1 aromatic carbocycles. The zero-order valence-electron chi connectivity index (χ0n) is 6.87. The summed E-state index contributed by atoms with van der Waals surface area (Å²) in [4.78, 5) is 10.7. The van der Waals surface area contributed by atoms with Crippen LogP contribution in [0.5, 0.6) is 5.75 Å². The van der Waals surface area contributed by atoms with Gasteiger partial charge in [-0.2, -0.15) is 8.78 Å². The van der Waals surface area contributed by atoms with Crippen molar-refractivity contribution in [2.45, 2.75) is 6.61 Å². The third-order valence-electron chi connectivity index (χ3n) is 1.43. The van der Waals surface area contributed by atoms with Crippen LogP contribution in [0.25, 0.3) is 0 Å². The van der Waals surface area contributed by atoms with Gasteiger partial charge >= 0.3 is 6.61 Å². The molecule has 0 atom stereocenters. The molecule has 1 aromatic rings. The lowest BCUT2D eigenvalue weighted by Gasteiger charge is -2.08. The molecule has 0 aliphatic rings. The number of rotatable bonds is 3. The molecule has 0 saturated carbocycles. The lowest BCUT2D eigenvalue weighted by atomic mass is 10.2. The molecule has 0 saturated heterocycles. The second-order valence-corrected chi connectivity index (χ2v) is 2.33. The summed E-state index contributed by atoms with van der Waals surface area (Å²) < 4.78 is 27.4. The van der Waals surface area contributed by atoms with Crippen molar-refractivity contribution in [3.05, 3.63) is 35.0 Å². The third kappa shape index (κ3) is 2.67. The standard InChI is InChI=1S/C8H6F2NO3/c9-8(10)14-6-3-1-5(2-4-6)7(12)11-13/h1-4,8H,(H-,11,12,13)/q-1. The Morgan fingerprint density at radius 3 is 2.36 bits per heavy atom. The highest BCUT2D eigenvalue weighted by Gasteiger charge is 2.05. The fourth-order valence-corrected chi connectivity index (χ4v) is 0.847. The van der Waals surface area contributed by atoms with Gasteiger partial charge < -0.3 is 15.4 Å². The van der Waals surface area contributed by atoms with Gasteiger partial charge in [-0.05, 0) is 24.3 Å². The molecule has 0 bridgehead atoms. The molecule has 1 amide bonds. The number of alkyl halides is 2. The Morgan fingerprint density at radius 1 is 1.36 bits per heavy atom. The highest BCUT2D eigenvalue weighted by atomic mass is 19.3. The zero-order valence-corrected chi connectivity index (χ0v) is 6.87. The lowest BCUT2D eigenvalue weighted by Crippen LogP contribution is -2.15. The van der Waals surface area contributed by atoms with Gasteiger partial charge in [-0.15, -0.1) is 0 Å². The number of carbonyl (C=O) groups is 1. The summed E-state index contributed by atoms with van der Waals surface area (Å²) in [6.45, 7) is -2.91. The predicted octanol–water partition coefficient (Wildman–Crippen LogP) is 1.52. The van der Waals surface area contributed by atoms with Crippen molar-refractivity contribution in [3.8, 4) is 5.75 Å². The van der Waals surface area contributed by atoms with Gasteiger partial charge in [0.25, 0.3) is 0 Å². The van der Waals surface area contributed by atoms with Gasteiger partial charge in [0.1, 0.15) is 5.75 Å². The molecule has 1 N–H and O–H groups in total. The van der Waals surface area contributed by atoms with Gasteiger partial charge in [0.2, 0.25) is 5.91 Å². The average molecular weight is 202 g/mol. The average Bonchev–Trinajstić information content (AvgIpc) is 2.17. The van der Waals surface area contributed by atoms with Gasteiger partial charge in [0, 0.05) is 5.56 Å². The van der Waals surface area contributed by atoms with Crippen LogP contribution in [0, 0.1) is 5.21 Å². The monoisotopic (exact) mass is 202 g/mol. The number of halogens is 2. The highest BCUT2D eigenvalue weighted by molar-refractivity contribution is 5.94. The van der Waals surface area contributed by atoms with Crippen LogP contribution in [0.15, 0.2) is 24.3 Å². The van der Waals surface area contributed by atoms with Gasteiger partial charge in [-0.1, -0.05) is 0 Å². The number of carbonyl (C=O) groups excluding carboxylic acids is 1. The van der Waals surface area contributed by atoms with Crippen molar-refractivity contribution in [3.63, 3.8) is 0 Å². The Hall–Kier alpha value is -1.69. The van der Waals surface area contributed by atoms with Crippen molar-refractivity contribution < 1.29 is 18.3 Å². The molecular formula is C8H6F2NO3-. The number of nitrogens with one attached hydrogen (secondary N) is 1. The summed E-state index contributed by atoms with van der Waals surface area (Å²) in [5.74, 6) is -0.893. The third-order valence-corrected chi connectivity index (χ3v) is 1.43. The Bertz CT molecular complexity index is 313. The zero-order chi connectivity index (χ0) is 10.6. The van der Waals surface area contributed by atoms with E-state index in [0.717, 1.165) is 5.48 Å².